The van der Waals surface area contributed by atoms with E-state index in [2.05, 4.69) is 19.2 Å². The number of hydrogen-bond donors (Lipinski definition) is 1. The lowest BCUT2D eigenvalue weighted by Gasteiger charge is -2.38. The minimum absolute atomic E-state index is 0.0162. The van der Waals surface area contributed by atoms with Crippen LogP contribution in [0.15, 0.2) is 0 Å². The predicted octanol–water partition coefficient (Wildman–Crippen LogP) is 0.581. The first kappa shape index (κ1) is 14.4. The van der Waals surface area contributed by atoms with Crippen LogP contribution in [0.25, 0.3) is 0 Å². The van der Waals surface area contributed by atoms with Crippen molar-refractivity contribution in [1.29, 1.82) is 0 Å². The Balaban J connectivity index is 1.94. The van der Waals surface area contributed by atoms with Gasteiger partial charge in [-0.3, -0.25) is 0 Å². The molecule has 0 atom stereocenters. The second kappa shape index (κ2) is 6.93. The maximum Gasteiger partial charge on any atom is 0.332 e. The predicted molar refractivity (Wildman–Crippen MR) is 63.8 cm³/mol. The topological polar surface area (TPSA) is 56.8 Å². The minimum atomic E-state index is -0.328. The fourth-order valence-electron chi connectivity index (χ4n) is 1.39. The molecule has 0 aliphatic carbocycles. The fraction of sp³-hybridized carbons (Fsp3) is 0.917. The van der Waals surface area contributed by atoms with E-state index >= 15 is 0 Å². The van der Waals surface area contributed by atoms with E-state index in [0.717, 1.165) is 13.1 Å². The van der Waals surface area contributed by atoms with Gasteiger partial charge in [-0.15, -0.1) is 0 Å². The molecule has 1 rings (SSSR count). The summed E-state index contributed by atoms with van der Waals surface area (Å²) in [5.74, 6) is 0.173. The van der Waals surface area contributed by atoms with Crippen LogP contribution in [0.3, 0.4) is 0 Å². The first-order valence-electron chi connectivity index (χ1n) is 6.10. The lowest BCUT2D eigenvalue weighted by Crippen LogP contribution is -2.59. The Kier molecular flexibility index (Phi) is 5.88. The van der Waals surface area contributed by atoms with E-state index in [4.69, 9.17) is 14.2 Å². The van der Waals surface area contributed by atoms with Crippen molar-refractivity contribution in [1.82, 2.24) is 5.32 Å². The maximum atomic E-state index is 11.3. The fourth-order valence-corrected chi connectivity index (χ4v) is 1.39. The number of rotatable bonds is 8. The summed E-state index contributed by atoms with van der Waals surface area (Å²) < 4.78 is 15.7. The first-order valence-corrected chi connectivity index (χ1v) is 6.10. The van der Waals surface area contributed by atoms with Crippen LogP contribution in [-0.2, 0) is 19.0 Å². The third kappa shape index (κ3) is 6.00. The van der Waals surface area contributed by atoms with Gasteiger partial charge < -0.3 is 19.5 Å². The van der Waals surface area contributed by atoms with Crippen molar-refractivity contribution in [2.75, 3.05) is 39.5 Å². The molecule has 1 fully saturated rings. The van der Waals surface area contributed by atoms with Crippen LogP contribution >= 0.6 is 0 Å². The summed E-state index contributed by atoms with van der Waals surface area (Å²) >= 11 is 0. The molecule has 1 aliphatic rings. The van der Waals surface area contributed by atoms with Crippen LogP contribution in [0.1, 0.15) is 20.8 Å². The third-order valence-electron chi connectivity index (χ3n) is 2.48. The number of hydrogen-bond acceptors (Lipinski definition) is 5. The molecule has 5 heteroatoms. The van der Waals surface area contributed by atoms with Gasteiger partial charge in [0.25, 0.3) is 0 Å². The molecular weight excluding hydrogens is 222 g/mol. The van der Waals surface area contributed by atoms with Crippen LogP contribution in [0.4, 0.5) is 0 Å². The second-order valence-corrected chi connectivity index (χ2v) is 5.03. The molecule has 0 aromatic heterocycles. The molecule has 17 heavy (non-hydrogen) atoms. The molecule has 1 N–H and O–H groups in total. The van der Waals surface area contributed by atoms with Crippen molar-refractivity contribution < 1.29 is 19.0 Å². The lowest BCUT2D eigenvalue weighted by molar-refractivity contribution is -0.159. The smallest absolute Gasteiger partial charge is 0.332 e. The number of ether oxygens (including phenoxy) is 3. The molecule has 1 aliphatic heterocycles. The van der Waals surface area contributed by atoms with Gasteiger partial charge in [-0.25, -0.2) is 4.79 Å². The van der Waals surface area contributed by atoms with E-state index in [1.54, 1.807) is 0 Å². The average Bonchev–Trinajstić information content (AvgIpc) is 2.23. The molecule has 0 unspecified atom stereocenters. The monoisotopic (exact) mass is 245 g/mol. The molecule has 0 spiro atoms. The van der Waals surface area contributed by atoms with Gasteiger partial charge in [0, 0.05) is 19.7 Å². The van der Waals surface area contributed by atoms with Gasteiger partial charge in [-0.2, -0.15) is 0 Å². The summed E-state index contributed by atoms with van der Waals surface area (Å²) in [6, 6.07) is 0. The zero-order chi connectivity index (χ0) is 12.7. The van der Waals surface area contributed by atoms with Crippen molar-refractivity contribution in [2.45, 2.75) is 26.4 Å². The first-order chi connectivity index (χ1) is 8.02. The van der Waals surface area contributed by atoms with Crippen molar-refractivity contribution >= 4 is 5.97 Å². The Labute approximate surface area is 103 Å². The number of carbonyl (C=O) groups is 1. The summed E-state index contributed by atoms with van der Waals surface area (Å²) in [6.45, 7) is 9.16. The van der Waals surface area contributed by atoms with Crippen LogP contribution in [-0.4, -0.2) is 51.1 Å². The van der Waals surface area contributed by atoms with E-state index in [-0.39, 0.29) is 18.2 Å². The molecule has 0 radical (unpaired) electrons. The normalized spacial score (nSPS) is 17.9. The Morgan fingerprint density at radius 1 is 1.35 bits per heavy atom. The van der Waals surface area contributed by atoms with E-state index in [1.807, 2.05) is 6.92 Å². The zero-order valence-electron chi connectivity index (χ0n) is 11.0. The van der Waals surface area contributed by atoms with Gasteiger partial charge in [0.2, 0.25) is 0 Å². The van der Waals surface area contributed by atoms with E-state index in [0.29, 0.717) is 25.7 Å². The lowest BCUT2D eigenvalue weighted by atomic mass is 10.0. The van der Waals surface area contributed by atoms with Gasteiger partial charge in [0.05, 0.1) is 12.2 Å². The summed E-state index contributed by atoms with van der Waals surface area (Å²) in [6.07, 6.45) is 0. The van der Waals surface area contributed by atoms with Crippen LogP contribution < -0.4 is 5.32 Å². The molecule has 5 nitrogen and oxygen atoms in total. The summed E-state index contributed by atoms with van der Waals surface area (Å²) in [7, 11) is 0. The van der Waals surface area contributed by atoms with Crippen molar-refractivity contribution in [3.8, 4) is 0 Å². The molecule has 0 amide bonds. The number of carbonyl (C=O) groups excluding carboxylic acids is 1. The van der Waals surface area contributed by atoms with Crippen LogP contribution in [0.5, 0.6) is 0 Å². The summed E-state index contributed by atoms with van der Waals surface area (Å²) in [5.41, 5.74) is -0.201. The van der Waals surface area contributed by atoms with Crippen molar-refractivity contribution in [2.24, 2.45) is 5.92 Å². The van der Waals surface area contributed by atoms with Crippen molar-refractivity contribution in [3.63, 3.8) is 0 Å². The van der Waals surface area contributed by atoms with Gasteiger partial charge in [-0.1, -0.05) is 13.8 Å². The molecule has 1 saturated heterocycles. The highest BCUT2D eigenvalue weighted by atomic mass is 16.6. The third-order valence-corrected chi connectivity index (χ3v) is 2.48. The highest BCUT2D eigenvalue weighted by Crippen LogP contribution is 2.14. The van der Waals surface area contributed by atoms with Crippen LogP contribution in [0, 0.1) is 5.92 Å². The molecule has 0 aromatic carbocycles. The molecule has 0 bridgehead atoms. The summed E-state index contributed by atoms with van der Waals surface area (Å²) in [5, 5.41) is 3.10. The van der Waals surface area contributed by atoms with E-state index in [9.17, 15) is 4.79 Å². The highest BCUT2D eigenvalue weighted by Gasteiger charge is 2.33. The molecule has 0 aromatic rings. The summed E-state index contributed by atoms with van der Waals surface area (Å²) in [4.78, 5) is 11.3. The largest absolute Gasteiger partial charge is 0.462 e. The molecule has 0 saturated carbocycles. The SMILES string of the molecule is CC(C)COCCOC(=O)COC1(C)CNC1. The molecule has 1 heterocycles. The Hall–Kier alpha value is -0.650. The Morgan fingerprint density at radius 2 is 2.06 bits per heavy atom. The average molecular weight is 245 g/mol. The number of esters is 1. The second-order valence-electron chi connectivity index (χ2n) is 5.03. The zero-order valence-corrected chi connectivity index (χ0v) is 11.0. The van der Waals surface area contributed by atoms with Gasteiger partial charge >= 0.3 is 5.97 Å². The standard InChI is InChI=1S/C12H23NO4/c1-10(2)6-15-4-5-16-11(14)7-17-12(3)8-13-9-12/h10,13H,4-9H2,1-3H3. The maximum absolute atomic E-state index is 11.3. The van der Waals surface area contributed by atoms with Crippen LogP contribution in [0.2, 0.25) is 0 Å². The van der Waals surface area contributed by atoms with Gasteiger partial charge in [0.15, 0.2) is 0 Å². The number of nitrogens with one attached hydrogen (secondary N) is 1. The van der Waals surface area contributed by atoms with E-state index in [1.165, 1.54) is 0 Å². The molecular formula is C12H23NO4. The van der Waals surface area contributed by atoms with Gasteiger partial charge in [-0.05, 0) is 12.8 Å². The van der Waals surface area contributed by atoms with E-state index < -0.39 is 0 Å². The molecule has 100 valence electrons. The highest BCUT2D eigenvalue weighted by molar-refractivity contribution is 5.70. The Morgan fingerprint density at radius 3 is 2.59 bits per heavy atom. The quantitative estimate of drug-likeness (QED) is 0.501. The Bertz CT molecular complexity index is 239. The van der Waals surface area contributed by atoms with Gasteiger partial charge in [0.1, 0.15) is 13.2 Å². The van der Waals surface area contributed by atoms with Crippen molar-refractivity contribution in [3.05, 3.63) is 0 Å². The minimum Gasteiger partial charge on any atom is -0.462 e.